The van der Waals surface area contributed by atoms with Gasteiger partial charge in [0.1, 0.15) is 17.5 Å². The third-order valence-electron chi connectivity index (χ3n) is 5.45. The van der Waals surface area contributed by atoms with Gasteiger partial charge in [0.2, 0.25) is 5.91 Å². The molecule has 1 N–H and O–H groups in total. The average Bonchev–Trinajstić information content (AvgIpc) is 3.36. The molecule has 1 aromatic carbocycles. The Kier molecular flexibility index (Phi) is 4.50. The maximum absolute atomic E-state index is 13.6. The van der Waals surface area contributed by atoms with E-state index in [-0.39, 0.29) is 30.2 Å². The number of amides is 1. The fraction of sp³-hybridized carbons (Fsp3) is 0.474. The lowest BCUT2D eigenvalue weighted by Gasteiger charge is -2.28. The van der Waals surface area contributed by atoms with E-state index >= 15 is 0 Å². The van der Waals surface area contributed by atoms with Gasteiger partial charge in [-0.15, -0.1) is 0 Å². The number of ether oxygens (including phenoxy) is 2. The van der Waals surface area contributed by atoms with Crippen molar-refractivity contribution in [1.29, 1.82) is 0 Å². The van der Waals surface area contributed by atoms with Gasteiger partial charge in [-0.2, -0.15) is 0 Å². The summed E-state index contributed by atoms with van der Waals surface area (Å²) in [5.74, 6) is -0.119. The number of benzene rings is 1. The summed E-state index contributed by atoms with van der Waals surface area (Å²) in [6, 6.07) is 6.65. The molecule has 0 saturated carbocycles. The fourth-order valence-electron chi connectivity index (χ4n) is 4.10. The summed E-state index contributed by atoms with van der Waals surface area (Å²) in [5.41, 5.74) is 1.18. The molecule has 1 amide bonds. The molecule has 6 nitrogen and oxygen atoms in total. The zero-order chi connectivity index (χ0) is 18.1. The molecule has 0 bridgehead atoms. The summed E-state index contributed by atoms with van der Waals surface area (Å²) in [6.07, 6.45) is 4.02. The van der Waals surface area contributed by atoms with Crippen LogP contribution < -0.4 is 0 Å². The second kappa shape index (κ2) is 6.81. The highest BCUT2D eigenvalue weighted by atomic mass is 19.1. The Labute approximate surface area is 151 Å². The van der Waals surface area contributed by atoms with Crippen LogP contribution in [0.2, 0.25) is 0 Å². The van der Waals surface area contributed by atoms with Crippen molar-refractivity contribution in [3.8, 4) is 0 Å². The number of nitrogens with one attached hydrogen (secondary N) is 1. The van der Waals surface area contributed by atoms with Crippen LogP contribution in [0.3, 0.4) is 0 Å². The van der Waals surface area contributed by atoms with Crippen LogP contribution in [0.15, 0.2) is 36.8 Å². The van der Waals surface area contributed by atoms with Crippen LogP contribution in [-0.4, -0.2) is 59.3 Å². The van der Waals surface area contributed by atoms with Crippen molar-refractivity contribution in [2.45, 2.75) is 30.5 Å². The Bertz CT molecular complexity index is 782. The minimum atomic E-state index is -0.532. The van der Waals surface area contributed by atoms with Crippen LogP contribution in [0.25, 0.3) is 0 Å². The van der Waals surface area contributed by atoms with Crippen molar-refractivity contribution < 1.29 is 18.7 Å². The number of nitrogens with zero attached hydrogens (tertiary/aromatic N) is 2. The number of hydrogen-bond donors (Lipinski definition) is 1. The Hall–Kier alpha value is -2.25. The largest absolute Gasteiger partial charge is 0.377 e. The van der Waals surface area contributed by atoms with Gasteiger partial charge in [0.05, 0.1) is 25.9 Å². The summed E-state index contributed by atoms with van der Waals surface area (Å²) in [5, 5.41) is 0. The summed E-state index contributed by atoms with van der Waals surface area (Å²) >= 11 is 0. The van der Waals surface area contributed by atoms with Gasteiger partial charge in [-0.25, -0.2) is 9.37 Å². The van der Waals surface area contributed by atoms with Crippen LogP contribution in [-0.2, 0) is 20.7 Å². The number of rotatable bonds is 4. The van der Waals surface area contributed by atoms with Crippen LogP contribution in [0, 0.1) is 5.82 Å². The molecule has 2 fully saturated rings. The van der Waals surface area contributed by atoms with Crippen molar-refractivity contribution in [1.82, 2.24) is 14.9 Å². The minimum absolute atomic E-state index is 0.0194. The van der Waals surface area contributed by atoms with Gasteiger partial charge in [-0.3, -0.25) is 4.79 Å². The quantitative estimate of drug-likeness (QED) is 0.905. The monoisotopic (exact) mass is 359 g/mol. The highest BCUT2D eigenvalue weighted by Crippen LogP contribution is 2.43. The fourth-order valence-corrected chi connectivity index (χ4v) is 4.10. The highest BCUT2D eigenvalue weighted by molar-refractivity contribution is 5.78. The predicted octanol–water partition coefficient (Wildman–Crippen LogP) is 1.89. The molecule has 0 unspecified atom stereocenters. The zero-order valence-corrected chi connectivity index (χ0v) is 14.7. The Morgan fingerprint density at radius 2 is 2.42 bits per heavy atom. The molecule has 26 heavy (non-hydrogen) atoms. The molecular weight excluding hydrogens is 337 g/mol. The third kappa shape index (κ3) is 3.12. The minimum Gasteiger partial charge on any atom is -0.377 e. The Balaban J connectivity index is 1.48. The van der Waals surface area contributed by atoms with Crippen molar-refractivity contribution in [2.24, 2.45) is 0 Å². The predicted molar refractivity (Wildman–Crippen MR) is 92.1 cm³/mol. The number of H-pyrrole nitrogens is 1. The van der Waals surface area contributed by atoms with Crippen LogP contribution >= 0.6 is 0 Å². The number of aromatic nitrogens is 2. The van der Waals surface area contributed by atoms with Gasteiger partial charge in [0.25, 0.3) is 0 Å². The number of halogens is 1. The number of likely N-dealkylation sites (tertiary alicyclic amines) is 1. The lowest BCUT2D eigenvalue weighted by molar-refractivity contribution is -0.130. The van der Waals surface area contributed by atoms with E-state index in [1.165, 1.54) is 6.07 Å². The smallest absolute Gasteiger partial charge is 0.228 e. The highest BCUT2D eigenvalue weighted by Gasteiger charge is 2.54. The van der Waals surface area contributed by atoms with Gasteiger partial charge in [0.15, 0.2) is 0 Å². The van der Waals surface area contributed by atoms with E-state index in [0.29, 0.717) is 26.1 Å². The van der Waals surface area contributed by atoms with Crippen molar-refractivity contribution in [3.05, 3.63) is 53.9 Å². The molecule has 3 atom stereocenters. The molecule has 4 rings (SSSR count). The molecule has 2 aliphatic heterocycles. The first-order valence-electron chi connectivity index (χ1n) is 8.77. The Morgan fingerprint density at radius 1 is 1.54 bits per heavy atom. The van der Waals surface area contributed by atoms with Crippen molar-refractivity contribution in [3.63, 3.8) is 0 Å². The standard InChI is InChI=1S/C19H22FN3O3/c1-25-17-9-23(18(24)6-16-8-21-12-22-16)11-19(17)7-14(10-26-19)13-3-2-4-15(20)5-13/h2-5,8,12,14,17H,6-7,9-11H2,1H3,(H,21,22)/t14-,17+,19+/m0/s1. The summed E-state index contributed by atoms with van der Waals surface area (Å²) in [6.45, 7) is 1.50. The second-order valence-electron chi connectivity index (χ2n) is 7.08. The summed E-state index contributed by atoms with van der Waals surface area (Å²) in [7, 11) is 1.65. The van der Waals surface area contributed by atoms with Gasteiger partial charge < -0.3 is 19.4 Å². The zero-order valence-electron chi connectivity index (χ0n) is 14.7. The topological polar surface area (TPSA) is 67.5 Å². The molecular formula is C19H22FN3O3. The van der Waals surface area contributed by atoms with E-state index in [1.54, 1.807) is 36.7 Å². The van der Waals surface area contributed by atoms with E-state index in [1.807, 2.05) is 6.07 Å². The van der Waals surface area contributed by atoms with Crippen LogP contribution in [0.4, 0.5) is 4.39 Å². The molecule has 3 heterocycles. The molecule has 1 aromatic heterocycles. The van der Waals surface area contributed by atoms with Gasteiger partial charge >= 0.3 is 0 Å². The van der Waals surface area contributed by atoms with Crippen LogP contribution in [0.1, 0.15) is 23.6 Å². The number of imidazole rings is 1. The number of methoxy groups -OCH3 is 1. The van der Waals surface area contributed by atoms with E-state index in [2.05, 4.69) is 9.97 Å². The lowest BCUT2D eigenvalue weighted by Crippen LogP contribution is -2.42. The van der Waals surface area contributed by atoms with Gasteiger partial charge in [0, 0.05) is 31.5 Å². The molecule has 2 aliphatic rings. The number of carbonyl (C=O) groups is 1. The maximum atomic E-state index is 13.6. The molecule has 2 saturated heterocycles. The van der Waals surface area contributed by atoms with E-state index < -0.39 is 5.60 Å². The average molecular weight is 359 g/mol. The van der Waals surface area contributed by atoms with Gasteiger partial charge in [-0.05, 0) is 24.1 Å². The van der Waals surface area contributed by atoms with E-state index in [0.717, 1.165) is 11.3 Å². The van der Waals surface area contributed by atoms with E-state index in [9.17, 15) is 9.18 Å². The first-order valence-corrected chi connectivity index (χ1v) is 8.77. The molecule has 1 spiro atoms. The van der Waals surface area contributed by atoms with Gasteiger partial charge in [-0.1, -0.05) is 12.1 Å². The molecule has 138 valence electrons. The molecule has 2 aromatic rings. The first-order chi connectivity index (χ1) is 12.6. The normalized spacial score (nSPS) is 28.2. The lowest BCUT2D eigenvalue weighted by atomic mass is 9.87. The second-order valence-corrected chi connectivity index (χ2v) is 7.08. The van der Waals surface area contributed by atoms with Crippen molar-refractivity contribution in [2.75, 3.05) is 26.8 Å². The maximum Gasteiger partial charge on any atom is 0.228 e. The number of carbonyl (C=O) groups excluding carboxylic acids is 1. The summed E-state index contributed by atoms with van der Waals surface area (Å²) in [4.78, 5) is 21.3. The number of hydrogen-bond acceptors (Lipinski definition) is 4. The molecule has 0 aliphatic carbocycles. The number of aromatic amines is 1. The molecule has 7 heteroatoms. The molecule has 0 radical (unpaired) electrons. The van der Waals surface area contributed by atoms with Crippen molar-refractivity contribution >= 4 is 5.91 Å². The SMILES string of the molecule is CO[C@@H]1CN(C(=O)Cc2cnc[nH]2)C[C@]12C[C@H](c1cccc(F)c1)CO2. The third-order valence-corrected chi connectivity index (χ3v) is 5.45. The van der Waals surface area contributed by atoms with E-state index in [4.69, 9.17) is 9.47 Å². The van der Waals surface area contributed by atoms with Crippen LogP contribution in [0.5, 0.6) is 0 Å². The Morgan fingerprint density at radius 3 is 3.15 bits per heavy atom. The summed E-state index contributed by atoms with van der Waals surface area (Å²) < 4.78 is 25.4. The first kappa shape index (κ1) is 17.2.